The van der Waals surface area contributed by atoms with Crippen molar-refractivity contribution in [2.75, 3.05) is 26.8 Å². The van der Waals surface area contributed by atoms with Crippen LogP contribution in [-0.2, 0) is 14.8 Å². The van der Waals surface area contributed by atoms with E-state index in [-0.39, 0.29) is 5.03 Å². The summed E-state index contributed by atoms with van der Waals surface area (Å²) in [6, 6.07) is 0. The summed E-state index contributed by atoms with van der Waals surface area (Å²) >= 11 is 0. The first-order chi connectivity index (χ1) is 7.12. The third-order valence-corrected chi connectivity index (χ3v) is 3.89. The standard InChI is InChI=1S/C8H15N3O3S/c1-3-11(4-5-14-2)15(12,13)8-6-9-7-10-8/h6-7H,3-5H2,1-2H3,(H,9,10). The van der Waals surface area contributed by atoms with Crippen LogP contribution in [-0.4, -0.2) is 49.5 Å². The van der Waals surface area contributed by atoms with Crippen molar-refractivity contribution in [3.8, 4) is 0 Å². The molecule has 0 saturated carbocycles. The average Bonchev–Trinajstić information content (AvgIpc) is 2.72. The lowest BCUT2D eigenvalue weighted by Crippen LogP contribution is -2.33. The highest BCUT2D eigenvalue weighted by Crippen LogP contribution is 2.10. The second-order valence-corrected chi connectivity index (χ2v) is 4.81. The maximum absolute atomic E-state index is 11.9. The molecule has 15 heavy (non-hydrogen) atoms. The van der Waals surface area contributed by atoms with Crippen LogP contribution >= 0.6 is 0 Å². The molecule has 1 heterocycles. The highest BCUT2D eigenvalue weighted by Gasteiger charge is 2.23. The van der Waals surface area contributed by atoms with Crippen molar-refractivity contribution in [3.05, 3.63) is 12.5 Å². The molecule has 1 aromatic rings. The van der Waals surface area contributed by atoms with Crippen LogP contribution in [0, 0.1) is 0 Å². The Labute approximate surface area is 89.3 Å². The highest BCUT2D eigenvalue weighted by molar-refractivity contribution is 7.89. The molecule has 7 heteroatoms. The number of methoxy groups -OCH3 is 1. The molecule has 0 atom stereocenters. The Bertz CT molecular complexity index is 374. The van der Waals surface area contributed by atoms with Gasteiger partial charge in [-0.3, -0.25) is 0 Å². The normalized spacial score (nSPS) is 12.2. The molecule has 1 rings (SSSR count). The van der Waals surface area contributed by atoms with Crippen LogP contribution in [0.3, 0.4) is 0 Å². The van der Waals surface area contributed by atoms with Crippen LogP contribution in [0.25, 0.3) is 0 Å². The van der Waals surface area contributed by atoms with Crippen molar-refractivity contribution < 1.29 is 13.2 Å². The number of ether oxygens (including phenoxy) is 1. The lowest BCUT2D eigenvalue weighted by molar-refractivity contribution is 0.180. The fourth-order valence-electron chi connectivity index (χ4n) is 1.16. The Balaban J connectivity index is 2.83. The number of imidazole rings is 1. The van der Waals surface area contributed by atoms with Crippen molar-refractivity contribution >= 4 is 10.0 Å². The molecule has 0 amide bonds. The fourth-order valence-corrected chi connectivity index (χ4v) is 2.49. The second-order valence-electron chi connectivity index (χ2n) is 2.91. The number of H-pyrrole nitrogens is 1. The van der Waals surface area contributed by atoms with Crippen LogP contribution in [0.15, 0.2) is 17.6 Å². The minimum atomic E-state index is -3.44. The molecule has 0 unspecified atom stereocenters. The van der Waals surface area contributed by atoms with E-state index in [0.717, 1.165) is 0 Å². The van der Waals surface area contributed by atoms with Crippen LogP contribution in [0.1, 0.15) is 6.92 Å². The molecule has 0 radical (unpaired) electrons. The molecular weight excluding hydrogens is 218 g/mol. The number of sulfonamides is 1. The smallest absolute Gasteiger partial charge is 0.260 e. The van der Waals surface area contributed by atoms with Crippen molar-refractivity contribution in [2.45, 2.75) is 11.9 Å². The van der Waals surface area contributed by atoms with Crippen molar-refractivity contribution in [2.24, 2.45) is 0 Å². The highest BCUT2D eigenvalue weighted by atomic mass is 32.2. The van der Waals surface area contributed by atoms with Crippen LogP contribution in [0.4, 0.5) is 0 Å². The topological polar surface area (TPSA) is 75.3 Å². The Morgan fingerprint density at radius 3 is 2.80 bits per heavy atom. The molecular formula is C8H15N3O3S. The van der Waals surface area contributed by atoms with Gasteiger partial charge in [0.1, 0.15) is 0 Å². The molecule has 0 aliphatic rings. The van der Waals surface area contributed by atoms with E-state index in [1.165, 1.54) is 23.9 Å². The number of hydrogen-bond donors (Lipinski definition) is 1. The third kappa shape index (κ3) is 2.77. The number of rotatable bonds is 6. The van der Waals surface area contributed by atoms with Gasteiger partial charge in [-0.15, -0.1) is 0 Å². The van der Waals surface area contributed by atoms with E-state index in [1.807, 2.05) is 0 Å². The summed E-state index contributed by atoms with van der Waals surface area (Å²) in [6.07, 6.45) is 2.64. The van der Waals surface area contributed by atoms with E-state index >= 15 is 0 Å². The molecule has 0 bridgehead atoms. The number of likely N-dealkylation sites (N-methyl/N-ethyl adjacent to an activating group) is 1. The lowest BCUT2D eigenvalue weighted by atomic mass is 10.6. The van der Waals surface area contributed by atoms with E-state index in [0.29, 0.717) is 19.7 Å². The van der Waals surface area contributed by atoms with Crippen LogP contribution in [0.5, 0.6) is 0 Å². The summed E-state index contributed by atoms with van der Waals surface area (Å²) in [7, 11) is -1.91. The van der Waals surface area contributed by atoms with E-state index in [9.17, 15) is 8.42 Å². The summed E-state index contributed by atoms with van der Waals surface area (Å²) in [6.45, 7) is 2.91. The number of aromatic amines is 1. The maximum atomic E-state index is 11.9. The minimum Gasteiger partial charge on any atom is -0.383 e. The Morgan fingerprint density at radius 2 is 2.33 bits per heavy atom. The van der Waals surface area contributed by atoms with Crippen molar-refractivity contribution in [3.63, 3.8) is 0 Å². The molecule has 0 saturated heterocycles. The first kappa shape index (κ1) is 12.2. The van der Waals surface area contributed by atoms with E-state index in [1.54, 1.807) is 6.92 Å². The van der Waals surface area contributed by atoms with Crippen molar-refractivity contribution in [1.82, 2.24) is 14.3 Å². The van der Waals surface area contributed by atoms with Gasteiger partial charge in [0, 0.05) is 20.2 Å². The second kappa shape index (κ2) is 5.24. The zero-order chi connectivity index (χ0) is 11.3. The summed E-state index contributed by atoms with van der Waals surface area (Å²) in [5.74, 6) is 0. The molecule has 6 nitrogen and oxygen atoms in total. The van der Waals surface area contributed by atoms with Gasteiger partial charge in [-0.2, -0.15) is 4.31 Å². The monoisotopic (exact) mass is 233 g/mol. The number of aromatic nitrogens is 2. The summed E-state index contributed by atoms with van der Waals surface area (Å²) in [5, 5.41) is 0.112. The molecule has 0 aliphatic heterocycles. The van der Waals surface area contributed by atoms with E-state index in [2.05, 4.69) is 9.97 Å². The molecule has 0 aliphatic carbocycles. The van der Waals surface area contributed by atoms with Gasteiger partial charge < -0.3 is 9.72 Å². The van der Waals surface area contributed by atoms with Gasteiger partial charge >= 0.3 is 0 Å². The zero-order valence-corrected chi connectivity index (χ0v) is 9.62. The van der Waals surface area contributed by atoms with Crippen molar-refractivity contribution in [1.29, 1.82) is 0 Å². The number of nitrogens with zero attached hydrogens (tertiary/aromatic N) is 2. The summed E-state index contributed by atoms with van der Waals surface area (Å²) in [4.78, 5) is 6.28. The minimum absolute atomic E-state index is 0.112. The van der Waals surface area contributed by atoms with Gasteiger partial charge in [-0.25, -0.2) is 13.4 Å². The Morgan fingerprint density at radius 1 is 1.60 bits per heavy atom. The van der Waals surface area contributed by atoms with Gasteiger partial charge in [-0.05, 0) is 0 Å². The van der Waals surface area contributed by atoms with Gasteiger partial charge in [0.05, 0.1) is 19.1 Å². The van der Waals surface area contributed by atoms with E-state index < -0.39 is 10.0 Å². The maximum Gasteiger partial charge on any atom is 0.260 e. The van der Waals surface area contributed by atoms with Crippen LogP contribution < -0.4 is 0 Å². The van der Waals surface area contributed by atoms with E-state index in [4.69, 9.17) is 4.74 Å². The summed E-state index contributed by atoms with van der Waals surface area (Å²) < 4.78 is 30.1. The molecule has 0 aromatic carbocycles. The SMILES string of the molecule is CCN(CCOC)S(=O)(=O)c1cnc[nH]1. The predicted molar refractivity (Wildman–Crippen MR) is 54.9 cm³/mol. The quantitative estimate of drug-likeness (QED) is 0.754. The van der Waals surface area contributed by atoms with Gasteiger partial charge in [-0.1, -0.05) is 6.92 Å². The Kier molecular flexibility index (Phi) is 4.25. The largest absolute Gasteiger partial charge is 0.383 e. The number of hydrogen-bond acceptors (Lipinski definition) is 4. The zero-order valence-electron chi connectivity index (χ0n) is 8.80. The molecule has 0 spiro atoms. The van der Waals surface area contributed by atoms with Gasteiger partial charge in [0.25, 0.3) is 10.0 Å². The predicted octanol–water partition coefficient (Wildman–Crippen LogP) is 0.0667. The van der Waals surface area contributed by atoms with Gasteiger partial charge in [0.15, 0.2) is 5.03 Å². The Hall–Kier alpha value is -0.920. The molecule has 1 aromatic heterocycles. The lowest BCUT2D eigenvalue weighted by Gasteiger charge is -2.18. The first-order valence-electron chi connectivity index (χ1n) is 4.60. The fraction of sp³-hybridized carbons (Fsp3) is 0.625. The average molecular weight is 233 g/mol. The summed E-state index contributed by atoms with van der Waals surface area (Å²) in [5.41, 5.74) is 0. The van der Waals surface area contributed by atoms with Crippen LogP contribution in [0.2, 0.25) is 0 Å². The first-order valence-corrected chi connectivity index (χ1v) is 6.04. The molecule has 86 valence electrons. The molecule has 1 N–H and O–H groups in total. The third-order valence-electron chi connectivity index (χ3n) is 1.99. The van der Waals surface area contributed by atoms with Gasteiger partial charge in [0.2, 0.25) is 0 Å². The molecule has 0 fully saturated rings. The number of nitrogens with one attached hydrogen (secondary N) is 1.